The van der Waals surface area contributed by atoms with E-state index in [1.807, 2.05) is 48.0 Å². The monoisotopic (exact) mass is 499 g/mol. The standard InChI is InChI=1S/C27H25N5O3S/c1-2-21(15-33)30-27(35)24-23(20-8-11-36-16-20)31-25-22(4-3-10-32(24)25)26(34)29-13-17-5-6-19-14-28-9-7-18(19)12-17/h3-12,14,16,21,33H,2,13,15H2,1H3,(H,29,34)(H,30,35)/t21-/m1/s1. The zero-order chi connectivity index (χ0) is 25.1. The van der Waals surface area contributed by atoms with Crippen molar-refractivity contribution in [2.45, 2.75) is 25.9 Å². The number of aliphatic hydroxyl groups is 1. The van der Waals surface area contributed by atoms with Crippen molar-refractivity contribution < 1.29 is 14.7 Å². The van der Waals surface area contributed by atoms with Gasteiger partial charge in [-0.2, -0.15) is 11.3 Å². The molecule has 4 aromatic heterocycles. The minimum absolute atomic E-state index is 0.161. The summed E-state index contributed by atoms with van der Waals surface area (Å²) in [5, 5.41) is 21.3. The van der Waals surface area contributed by atoms with Gasteiger partial charge in [0, 0.05) is 41.5 Å². The number of carbonyl (C=O) groups excluding carboxylic acids is 2. The molecule has 0 bridgehead atoms. The lowest BCUT2D eigenvalue weighted by molar-refractivity contribution is 0.0907. The fourth-order valence-corrected chi connectivity index (χ4v) is 4.75. The van der Waals surface area contributed by atoms with Crippen LogP contribution in [0.15, 0.2) is 71.8 Å². The second-order valence-electron chi connectivity index (χ2n) is 8.44. The molecule has 0 unspecified atom stereocenters. The molecular weight excluding hydrogens is 474 g/mol. The zero-order valence-corrected chi connectivity index (χ0v) is 20.5. The molecule has 0 aliphatic heterocycles. The van der Waals surface area contributed by atoms with E-state index in [-0.39, 0.29) is 24.5 Å². The Bertz CT molecular complexity index is 1540. The largest absolute Gasteiger partial charge is 0.394 e. The molecule has 0 aliphatic rings. The summed E-state index contributed by atoms with van der Waals surface area (Å²) in [6, 6.07) is 12.8. The zero-order valence-electron chi connectivity index (χ0n) is 19.6. The van der Waals surface area contributed by atoms with Crippen molar-refractivity contribution in [1.29, 1.82) is 0 Å². The molecule has 1 aromatic carbocycles. The second kappa shape index (κ2) is 10.3. The number of aliphatic hydroxyl groups excluding tert-OH is 1. The summed E-state index contributed by atoms with van der Waals surface area (Å²) in [5.41, 5.74) is 3.34. The van der Waals surface area contributed by atoms with Gasteiger partial charge in [-0.1, -0.05) is 19.1 Å². The van der Waals surface area contributed by atoms with Crippen LogP contribution in [0.2, 0.25) is 0 Å². The molecule has 0 spiro atoms. The first-order chi connectivity index (χ1) is 17.6. The Hall–Kier alpha value is -4.08. The predicted molar refractivity (Wildman–Crippen MR) is 140 cm³/mol. The summed E-state index contributed by atoms with van der Waals surface area (Å²) in [5.74, 6) is -0.640. The van der Waals surface area contributed by atoms with Gasteiger partial charge in [-0.15, -0.1) is 0 Å². The van der Waals surface area contributed by atoms with Gasteiger partial charge >= 0.3 is 0 Å². The molecular formula is C27H25N5O3S. The molecule has 0 fully saturated rings. The van der Waals surface area contributed by atoms with Gasteiger partial charge < -0.3 is 15.7 Å². The third-order valence-electron chi connectivity index (χ3n) is 6.11. The minimum atomic E-state index is -0.373. The molecule has 182 valence electrons. The number of hydrogen-bond donors (Lipinski definition) is 3. The van der Waals surface area contributed by atoms with Gasteiger partial charge in [-0.25, -0.2) is 4.98 Å². The first-order valence-corrected chi connectivity index (χ1v) is 12.6. The summed E-state index contributed by atoms with van der Waals surface area (Å²) < 4.78 is 1.64. The topological polar surface area (TPSA) is 109 Å². The summed E-state index contributed by atoms with van der Waals surface area (Å²) in [4.78, 5) is 35.4. The smallest absolute Gasteiger partial charge is 0.270 e. The molecule has 36 heavy (non-hydrogen) atoms. The van der Waals surface area contributed by atoms with Crippen molar-refractivity contribution in [3.8, 4) is 11.3 Å². The van der Waals surface area contributed by atoms with E-state index in [1.165, 1.54) is 11.3 Å². The molecule has 0 saturated carbocycles. The highest BCUT2D eigenvalue weighted by Gasteiger charge is 2.25. The van der Waals surface area contributed by atoms with Gasteiger partial charge in [0.2, 0.25) is 0 Å². The number of hydrogen-bond acceptors (Lipinski definition) is 6. The molecule has 1 atom stereocenters. The quantitative estimate of drug-likeness (QED) is 0.299. The SMILES string of the molecule is CC[C@H](CO)NC(=O)c1c(-c2ccsc2)nc2c(C(=O)NCc3ccc4cnccc4c3)cccn12. The van der Waals surface area contributed by atoms with E-state index in [0.29, 0.717) is 35.6 Å². The van der Waals surface area contributed by atoms with E-state index in [2.05, 4.69) is 15.6 Å². The van der Waals surface area contributed by atoms with Crippen LogP contribution >= 0.6 is 11.3 Å². The van der Waals surface area contributed by atoms with E-state index in [0.717, 1.165) is 21.9 Å². The number of fused-ring (bicyclic) bond motifs is 2. The van der Waals surface area contributed by atoms with Crippen molar-refractivity contribution in [2.24, 2.45) is 0 Å². The number of carbonyl (C=O) groups is 2. The number of aromatic nitrogens is 3. The van der Waals surface area contributed by atoms with Gasteiger partial charge in [0.05, 0.1) is 18.2 Å². The average Bonchev–Trinajstić information content (AvgIpc) is 3.58. The maximum atomic E-state index is 13.3. The maximum absolute atomic E-state index is 13.3. The van der Waals surface area contributed by atoms with Crippen molar-refractivity contribution in [1.82, 2.24) is 25.0 Å². The molecule has 0 saturated heterocycles. The lowest BCUT2D eigenvalue weighted by Gasteiger charge is -2.14. The average molecular weight is 500 g/mol. The Morgan fingerprint density at radius 3 is 2.81 bits per heavy atom. The van der Waals surface area contributed by atoms with E-state index in [4.69, 9.17) is 4.98 Å². The summed E-state index contributed by atoms with van der Waals surface area (Å²) in [6.07, 6.45) is 5.86. The molecule has 8 nitrogen and oxygen atoms in total. The van der Waals surface area contributed by atoms with Crippen LogP contribution in [-0.2, 0) is 6.54 Å². The molecule has 0 radical (unpaired) electrons. The second-order valence-corrected chi connectivity index (χ2v) is 9.22. The Morgan fingerprint density at radius 1 is 1.14 bits per heavy atom. The van der Waals surface area contributed by atoms with Crippen LogP contribution in [0.25, 0.3) is 27.7 Å². The van der Waals surface area contributed by atoms with Crippen LogP contribution < -0.4 is 10.6 Å². The fourth-order valence-electron chi connectivity index (χ4n) is 4.11. The molecule has 5 rings (SSSR count). The lowest BCUT2D eigenvalue weighted by Crippen LogP contribution is -2.37. The molecule has 3 N–H and O–H groups in total. The highest BCUT2D eigenvalue weighted by atomic mass is 32.1. The molecule has 9 heteroatoms. The van der Waals surface area contributed by atoms with Crippen LogP contribution in [0.1, 0.15) is 39.8 Å². The number of nitrogens with one attached hydrogen (secondary N) is 2. The third kappa shape index (κ3) is 4.58. The lowest BCUT2D eigenvalue weighted by atomic mass is 10.1. The van der Waals surface area contributed by atoms with Crippen LogP contribution in [0.5, 0.6) is 0 Å². The molecule has 4 heterocycles. The van der Waals surface area contributed by atoms with E-state index >= 15 is 0 Å². The number of amides is 2. The van der Waals surface area contributed by atoms with Crippen molar-refractivity contribution >= 4 is 39.6 Å². The van der Waals surface area contributed by atoms with E-state index < -0.39 is 0 Å². The highest BCUT2D eigenvalue weighted by Crippen LogP contribution is 2.28. The molecule has 5 aromatic rings. The summed E-state index contributed by atoms with van der Waals surface area (Å²) >= 11 is 1.50. The predicted octanol–water partition coefficient (Wildman–Crippen LogP) is 4.04. The Balaban J connectivity index is 1.48. The Kier molecular flexibility index (Phi) is 6.75. The van der Waals surface area contributed by atoms with Crippen molar-refractivity contribution in [3.05, 3.63) is 88.6 Å². The summed E-state index contributed by atoms with van der Waals surface area (Å²) in [6.45, 7) is 2.08. The normalized spacial score (nSPS) is 12.1. The summed E-state index contributed by atoms with van der Waals surface area (Å²) in [7, 11) is 0. The Labute approximate surface area is 211 Å². The number of rotatable bonds is 8. The number of pyridine rings is 2. The number of benzene rings is 1. The minimum Gasteiger partial charge on any atom is -0.394 e. The van der Waals surface area contributed by atoms with Crippen LogP contribution in [-0.4, -0.2) is 43.9 Å². The fraction of sp³-hybridized carbons (Fsp3) is 0.185. The third-order valence-corrected chi connectivity index (χ3v) is 6.79. The molecule has 2 amide bonds. The first-order valence-electron chi connectivity index (χ1n) is 11.6. The van der Waals surface area contributed by atoms with Crippen molar-refractivity contribution in [2.75, 3.05) is 6.61 Å². The van der Waals surface area contributed by atoms with E-state index in [1.54, 1.807) is 35.1 Å². The Morgan fingerprint density at radius 2 is 2.03 bits per heavy atom. The van der Waals surface area contributed by atoms with Crippen LogP contribution in [0.3, 0.4) is 0 Å². The van der Waals surface area contributed by atoms with Gasteiger partial charge in [-0.3, -0.25) is 19.0 Å². The maximum Gasteiger partial charge on any atom is 0.270 e. The van der Waals surface area contributed by atoms with Gasteiger partial charge in [0.1, 0.15) is 11.4 Å². The molecule has 0 aliphatic carbocycles. The van der Waals surface area contributed by atoms with E-state index in [9.17, 15) is 14.7 Å². The van der Waals surface area contributed by atoms with Gasteiger partial charge in [0.15, 0.2) is 5.65 Å². The van der Waals surface area contributed by atoms with Crippen LogP contribution in [0.4, 0.5) is 0 Å². The first kappa shape index (κ1) is 23.7. The number of imidazole rings is 1. The highest BCUT2D eigenvalue weighted by molar-refractivity contribution is 7.08. The van der Waals surface area contributed by atoms with Gasteiger partial charge in [-0.05, 0) is 53.1 Å². The van der Waals surface area contributed by atoms with Crippen molar-refractivity contribution in [3.63, 3.8) is 0 Å². The number of nitrogens with zero attached hydrogens (tertiary/aromatic N) is 3. The van der Waals surface area contributed by atoms with Crippen LogP contribution in [0, 0.1) is 0 Å². The van der Waals surface area contributed by atoms with Gasteiger partial charge in [0.25, 0.3) is 11.8 Å². The number of thiophene rings is 1.